The van der Waals surface area contributed by atoms with E-state index in [1.165, 1.54) is 13.1 Å². The van der Waals surface area contributed by atoms with Crippen LogP contribution >= 0.6 is 0 Å². The van der Waals surface area contributed by atoms with Gasteiger partial charge in [-0.2, -0.15) is 0 Å². The third-order valence-electron chi connectivity index (χ3n) is 2.81. The Morgan fingerprint density at radius 2 is 2.00 bits per heavy atom. The van der Waals surface area contributed by atoms with Crippen molar-refractivity contribution in [3.63, 3.8) is 0 Å². The summed E-state index contributed by atoms with van der Waals surface area (Å²) < 4.78 is 31.6. The second-order valence-corrected chi connectivity index (χ2v) is 6.66. The summed E-state index contributed by atoms with van der Waals surface area (Å²) in [6.07, 6.45) is 0. The number of hydrogen-bond acceptors (Lipinski definition) is 6. The van der Waals surface area contributed by atoms with Crippen LogP contribution in [0, 0.1) is 0 Å². The van der Waals surface area contributed by atoms with Crippen LogP contribution < -0.4 is 15.8 Å². The van der Waals surface area contributed by atoms with Crippen LogP contribution in [0.15, 0.2) is 23.1 Å². The van der Waals surface area contributed by atoms with Crippen LogP contribution in [0.25, 0.3) is 0 Å². The van der Waals surface area contributed by atoms with E-state index >= 15 is 0 Å². The molecule has 0 fully saturated rings. The van der Waals surface area contributed by atoms with E-state index in [0.29, 0.717) is 31.1 Å². The van der Waals surface area contributed by atoms with Gasteiger partial charge in [0.15, 0.2) is 0 Å². The highest BCUT2D eigenvalue weighted by atomic mass is 32.2. The fraction of sp³-hybridized carbons (Fsp3) is 0.538. The Morgan fingerprint density at radius 1 is 1.29 bits per heavy atom. The minimum absolute atomic E-state index is 0.137. The second kappa shape index (κ2) is 8.18. The zero-order chi connectivity index (χ0) is 15.9. The van der Waals surface area contributed by atoms with Gasteiger partial charge in [0.05, 0.1) is 18.9 Å². The van der Waals surface area contributed by atoms with Crippen molar-refractivity contribution in [2.75, 3.05) is 58.5 Å². The van der Waals surface area contributed by atoms with E-state index in [1.807, 2.05) is 19.0 Å². The third kappa shape index (κ3) is 5.88. The number of benzene rings is 1. The van der Waals surface area contributed by atoms with E-state index in [1.54, 1.807) is 12.1 Å². The Kier molecular flexibility index (Phi) is 6.90. The Hall–Kier alpha value is -1.35. The van der Waals surface area contributed by atoms with Crippen LogP contribution in [-0.4, -0.2) is 60.8 Å². The molecule has 0 heterocycles. The lowest BCUT2D eigenvalue weighted by Gasteiger charge is -2.14. The van der Waals surface area contributed by atoms with E-state index in [2.05, 4.69) is 10.0 Å². The van der Waals surface area contributed by atoms with Crippen molar-refractivity contribution in [3.05, 3.63) is 18.2 Å². The maximum Gasteiger partial charge on any atom is 0.242 e. The summed E-state index contributed by atoms with van der Waals surface area (Å²) in [6.45, 7) is 2.50. The first kappa shape index (κ1) is 17.7. The summed E-state index contributed by atoms with van der Waals surface area (Å²) in [7, 11) is 1.77. The standard InChI is InChI=1S/C13H24N4O3S/c1-15-21(18,19)13-10-11(14)4-5-12(13)16-6-8-20-9-7-17(2)3/h4-5,10,15-16H,6-9,14H2,1-3H3. The second-order valence-electron chi connectivity index (χ2n) is 4.81. The van der Waals surface area contributed by atoms with Gasteiger partial charge in [0.25, 0.3) is 0 Å². The maximum atomic E-state index is 11.9. The highest BCUT2D eigenvalue weighted by Gasteiger charge is 2.16. The van der Waals surface area contributed by atoms with E-state index in [-0.39, 0.29) is 4.90 Å². The molecule has 1 rings (SSSR count). The van der Waals surface area contributed by atoms with Crippen molar-refractivity contribution in [1.29, 1.82) is 0 Å². The molecule has 120 valence electrons. The van der Waals surface area contributed by atoms with Gasteiger partial charge in [0, 0.05) is 18.8 Å². The van der Waals surface area contributed by atoms with E-state index in [9.17, 15) is 8.42 Å². The van der Waals surface area contributed by atoms with E-state index in [0.717, 1.165) is 6.54 Å². The minimum atomic E-state index is -3.55. The van der Waals surface area contributed by atoms with Gasteiger partial charge in [-0.15, -0.1) is 0 Å². The maximum absolute atomic E-state index is 11.9. The normalized spacial score (nSPS) is 11.8. The number of sulfonamides is 1. The molecule has 1 aromatic carbocycles. The molecule has 0 spiro atoms. The molecule has 0 aromatic heterocycles. The molecule has 0 radical (unpaired) electrons. The molecule has 0 aliphatic carbocycles. The third-order valence-corrected chi connectivity index (χ3v) is 4.26. The first-order valence-corrected chi connectivity index (χ1v) is 8.14. The first-order chi connectivity index (χ1) is 9.86. The van der Waals surface area contributed by atoms with Gasteiger partial charge in [-0.1, -0.05) is 0 Å². The molecule has 1 aromatic rings. The highest BCUT2D eigenvalue weighted by molar-refractivity contribution is 7.89. The predicted octanol–water partition coefficient (Wildman–Crippen LogP) is 0.167. The number of nitrogens with zero attached hydrogens (tertiary/aromatic N) is 1. The number of ether oxygens (including phenoxy) is 1. The summed E-state index contributed by atoms with van der Waals surface area (Å²) in [4.78, 5) is 2.17. The quantitative estimate of drug-likeness (QED) is 0.444. The van der Waals surface area contributed by atoms with Crippen molar-refractivity contribution < 1.29 is 13.2 Å². The molecule has 0 bridgehead atoms. The monoisotopic (exact) mass is 316 g/mol. The van der Waals surface area contributed by atoms with E-state index in [4.69, 9.17) is 10.5 Å². The lowest BCUT2D eigenvalue weighted by atomic mass is 10.3. The van der Waals surface area contributed by atoms with Crippen LogP contribution in [0.5, 0.6) is 0 Å². The predicted molar refractivity (Wildman–Crippen MR) is 85.0 cm³/mol. The number of nitrogen functional groups attached to an aromatic ring is 1. The molecule has 0 aliphatic heterocycles. The molecule has 7 nitrogen and oxygen atoms in total. The van der Waals surface area contributed by atoms with Crippen LogP contribution in [0.1, 0.15) is 0 Å². The van der Waals surface area contributed by atoms with Crippen molar-refractivity contribution in [3.8, 4) is 0 Å². The smallest absolute Gasteiger partial charge is 0.242 e. The zero-order valence-electron chi connectivity index (χ0n) is 12.7. The van der Waals surface area contributed by atoms with Gasteiger partial charge in [0.1, 0.15) is 4.90 Å². The fourth-order valence-corrected chi connectivity index (χ4v) is 2.57. The van der Waals surface area contributed by atoms with Gasteiger partial charge >= 0.3 is 0 Å². The van der Waals surface area contributed by atoms with Crippen molar-refractivity contribution in [1.82, 2.24) is 9.62 Å². The topological polar surface area (TPSA) is 96.7 Å². The number of nitrogens with two attached hydrogens (primary N) is 1. The number of anilines is 2. The zero-order valence-corrected chi connectivity index (χ0v) is 13.5. The van der Waals surface area contributed by atoms with Gasteiger partial charge in [-0.3, -0.25) is 0 Å². The Morgan fingerprint density at radius 3 is 2.62 bits per heavy atom. The van der Waals surface area contributed by atoms with Crippen molar-refractivity contribution in [2.45, 2.75) is 4.90 Å². The molecule has 0 saturated carbocycles. The SMILES string of the molecule is CNS(=O)(=O)c1cc(N)ccc1NCCOCCN(C)C. The van der Waals surface area contributed by atoms with Crippen LogP contribution in [-0.2, 0) is 14.8 Å². The van der Waals surface area contributed by atoms with Crippen LogP contribution in [0.3, 0.4) is 0 Å². The molecule has 0 aliphatic rings. The summed E-state index contributed by atoms with van der Waals surface area (Å²) >= 11 is 0. The number of hydrogen-bond donors (Lipinski definition) is 3. The number of nitrogens with one attached hydrogen (secondary N) is 2. The largest absolute Gasteiger partial charge is 0.399 e. The molecule has 0 amide bonds. The van der Waals surface area contributed by atoms with Crippen molar-refractivity contribution >= 4 is 21.4 Å². The molecule has 0 saturated heterocycles. The Labute approximate surface area is 126 Å². The summed E-state index contributed by atoms with van der Waals surface area (Å²) in [5.74, 6) is 0. The van der Waals surface area contributed by atoms with Gasteiger partial charge in [-0.25, -0.2) is 13.1 Å². The average Bonchev–Trinajstić information content (AvgIpc) is 2.43. The van der Waals surface area contributed by atoms with Crippen LogP contribution in [0.4, 0.5) is 11.4 Å². The molecule has 0 unspecified atom stereocenters. The molecule has 4 N–H and O–H groups in total. The lowest BCUT2D eigenvalue weighted by molar-refractivity contribution is 0.126. The summed E-state index contributed by atoms with van der Waals surface area (Å²) in [6, 6.07) is 4.74. The summed E-state index contributed by atoms with van der Waals surface area (Å²) in [5, 5.41) is 3.06. The number of likely N-dealkylation sites (N-methyl/N-ethyl adjacent to an activating group) is 1. The molecule has 0 atom stereocenters. The van der Waals surface area contributed by atoms with Crippen molar-refractivity contribution in [2.24, 2.45) is 0 Å². The van der Waals surface area contributed by atoms with Gasteiger partial charge in [-0.05, 0) is 39.3 Å². The fourth-order valence-electron chi connectivity index (χ4n) is 1.62. The number of rotatable bonds is 9. The molecule has 8 heteroatoms. The van der Waals surface area contributed by atoms with Gasteiger partial charge < -0.3 is 20.7 Å². The molecular weight excluding hydrogens is 292 g/mol. The Bertz CT molecular complexity index is 546. The Balaban J connectivity index is 2.59. The first-order valence-electron chi connectivity index (χ1n) is 6.66. The minimum Gasteiger partial charge on any atom is -0.399 e. The van der Waals surface area contributed by atoms with Gasteiger partial charge in [0.2, 0.25) is 10.0 Å². The highest BCUT2D eigenvalue weighted by Crippen LogP contribution is 2.23. The summed E-state index contributed by atoms with van der Waals surface area (Å²) in [5.41, 5.74) is 6.56. The molecule has 21 heavy (non-hydrogen) atoms. The van der Waals surface area contributed by atoms with E-state index < -0.39 is 10.0 Å². The van der Waals surface area contributed by atoms with Crippen LogP contribution in [0.2, 0.25) is 0 Å². The lowest BCUT2D eigenvalue weighted by Crippen LogP contribution is -2.22. The average molecular weight is 316 g/mol. The molecular formula is C13H24N4O3S.